The zero-order valence-corrected chi connectivity index (χ0v) is 12.4. The molecule has 18 heavy (non-hydrogen) atoms. The summed E-state index contributed by atoms with van der Waals surface area (Å²) in [4.78, 5) is 2.28. The maximum atomic E-state index is 11.4. The van der Waals surface area contributed by atoms with Crippen LogP contribution in [0.15, 0.2) is 0 Å². The standard InChI is InChI=1S/C13H26N2O2S/c1-13(2)4-3-12(14)11(9-13)10-15-5-7-18(16,17)8-6-15/h11-12H,3-10,14H2,1-2H3. The van der Waals surface area contributed by atoms with Crippen LogP contribution in [0.25, 0.3) is 0 Å². The summed E-state index contributed by atoms with van der Waals surface area (Å²) in [6.45, 7) is 6.97. The van der Waals surface area contributed by atoms with Crippen molar-refractivity contribution in [3.05, 3.63) is 0 Å². The third kappa shape index (κ3) is 3.68. The van der Waals surface area contributed by atoms with Gasteiger partial charge in [-0.2, -0.15) is 0 Å². The fraction of sp³-hybridized carbons (Fsp3) is 1.00. The number of nitrogens with zero attached hydrogens (tertiary/aromatic N) is 1. The molecule has 5 heteroatoms. The van der Waals surface area contributed by atoms with E-state index in [2.05, 4.69) is 18.7 Å². The Bertz CT molecular complexity index is 378. The van der Waals surface area contributed by atoms with Crippen LogP contribution in [0.4, 0.5) is 0 Å². The van der Waals surface area contributed by atoms with E-state index in [-0.39, 0.29) is 6.04 Å². The van der Waals surface area contributed by atoms with Gasteiger partial charge in [0.15, 0.2) is 9.84 Å². The minimum absolute atomic E-state index is 0.288. The molecule has 1 aliphatic heterocycles. The van der Waals surface area contributed by atoms with Gasteiger partial charge in [-0.05, 0) is 30.6 Å². The maximum absolute atomic E-state index is 11.4. The summed E-state index contributed by atoms with van der Waals surface area (Å²) in [5, 5.41) is 0. The van der Waals surface area contributed by atoms with Crippen LogP contribution in [0.1, 0.15) is 33.1 Å². The van der Waals surface area contributed by atoms with E-state index in [0.29, 0.717) is 35.9 Å². The first-order valence-corrected chi connectivity index (χ1v) is 8.78. The summed E-state index contributed by atoms with van der Waals surface area (Å²) in [7, 11) is -2.77. The minimum Gasteiger partial charge on any atom is -0.327 e. The molecule has 0 spiro atoms. The van der Waals surface area contributed by atoms with Gasteiger partial charge in [-0.15, -0.1) is 0 Å². The van der Waals surface area contributed by atoms with E-state index in [4.69, 9.17) is 5.73 Å². The predicted octanol–water partition coefficient (Wildman–Crippen LogP) is 0.870. The number of nitrogens with two attached hydrogens (primary N) is 1. The Balaban J connectivity index is 1.89. The molecule has 0 bridgehead atoms. The lowest BCUT2D eigenvalue weighted by atomic mass is 9.70. The van der Waals surface area contributed by atoms with Gasteiger partial charge in [0, 0.05) is 25.7 Å². The van der Waals surface area contributed by atoms with E-state index in [9.17, 15) is 8.42 Å². The van der Waals surface area contributed by atoms with Crippen LogP contribution in [0.2, 0.25) is 0 Å². The van der Waals surface area contributed by atoms with E-state index in [1.807, 2.05) is 0 Å². The second-order valence-electron chi connectivity index (χ2n) is 6.78. The van der Waals surface area contributed by atoms with Crippen molar-refractivity contribution in [2.75, 3.05) is 31.1 Å². The number of rotatable bonds is 2. The van der Waals surface area contributed by atoms with Crippen LogP contribution >= 0.6 is 0 Å². The second kappa shape index (κ2) is 5.10. The van der Waals surface area contributed by atoms with Gasteiger partial charge in [-0.25, -0.2) is 8.42 Å². The maximum Gasteiger partial charge on any atom is 0.152 e. The average molecular weight is 274 g/mol. The van der Waals surface area contributed by atoms with Crippen LogP contribution in [0.5, 0.6) is 0 Å². The van der Waals surface area contributed by atoms with Crippen molar-refractivity contribution >= 4 is 9.84 Å². The van der Waals surface area contributed by atoms with Crippen LogP contribution in [-0.4, -0.2) is 50.5 Å². The normalized spacial score (nSPS) is 36.4. The highest BCUT2D eigenvalue weighted by atomic mass is 32.2. The highest BCUT2D eigenvalue weighted by molar-refractivity contribution is 7.91. The monoisotopic (exact) mass is 274 g/mol. The summed E-state index contributed by atoms with van der Waals surface area (Å²) < 4.78 is 22.8. The SMILES string of the molecule is CC1(C)CCC(N)C(CN2CCS(=O)(=O)CC2)C1. The third-order valence-corrected chi connectivity index (χ3v) is 6.11. The molecule has 2 N–H and O–H groups in total. The van der Waals surface area contributed by atoms with Gasteiger partial charge in [-0.1, -0.05) is 13.8 Å². The first kappa shape index (κ1) is 14.3. The van der Waals surface area contributed by atoms with E-state index < -0.39 is 9.84 Å². The van der Waals surface area contributed by atoms with E-state index in [1.165, 1.54) is 6.42 Å². The summed E-state index contributed by atoms with van der Waals surface area (Å²) in [5.41, 5.74) is 6.62. The molecule has 0 aromatic carbocycles. The molecule has 106 valence electrons. The molecule has 1 saturated heterocycles. The molecule has 2 atom stereocenters. The quantitative estimate of drug-likeness (QED) is 0.811. The second-order valence-corrected chi connectivity index (χ2v) is 9.09. The Morgan fingerprint density at radius 3 is 2.50 bits per heavy atom. The molecule has 0 aromatic heterocycles. The van der Waals surface area contributed by atoms with Gasteiger partial charge in [0.05, 0.1) is 11.5 Å². The van der Waals surface area contributed by atoms with Crippen molar-refractivity contribution < 1.29 is 8.42 Å². The summed E-state index contributed by atoms with van der Waals surface area (Å²) in [6, 6.07) is 0.288. The zero-order chi connectivity index (χ0) is 13.4. The number of sulfone groups is 1. The molecule has 0 amide bonds. The Hall–Kier alpha value is -0.130. The Labute approximate surface area is 111 Å². The Morgan fingerprint density at radius 1 is 1.28 bits per heavy atom. The van der Waals surface area contributed by atoms with Crippen molar-refractivity contribution in [1.82, 2.24) is 4.90 Å². The van der Waals surface area contributed by atoms with Gasteiger partial charge in [0.2, 0.25) is 0 Å². The van der Waals surface area contributed by atoms with Crippen molar-refractivity contribution in [3.8, 4) is 0 Å². The van der Waals surface area contributed by atoms with Crippen LogP contribution in [0.3, 0.4) is 0 Å². The topological polar surface area (TPSA) is 63.4 Å². The van der Waals surface area contributed by atoms with Crippen molar-refractivity contribution in [3.63, 3.8) is 0 Å². The molecule has 1 saturated carbocycles. The van der Waals surface area contributed by atoms with Crippen molar-refractivity contribution in [2.24, 2.45) is 17.1 Å². The highest BCUT2D eigenvalue weighted by Gasteiger charge is 2.34. The molecule has 2 aliphatic rings. The minimum atomic E-state index is -2.77. The number of hydrogen-bond donors (Lipinski definition) is 1. The van der Waals surface area contributed by atoms with E-state index in [1.54, 1.807) is 0 Å². The molecule has 0 radical (unpaired) electrons. The smallest absolute Gasteiger partial charge is 0.152 e. The molecule has 2 unspecified atom stereocenters. The van der Waals surface area contributed by atoms with Crippen LogP contribution in [-0.2, 0) is 9.84 Å². The lowest BCUT2D eigenvalue weighted by molar-refractivity contribution is 0.118. The lowest BCUT2D eigenvalue weighted by Crippen LogP contribution is -2.48. The first-order valence-electron chi connectivity index (χ1n) is 6.96. The Kier molecular flexibility index (Phi) is 4.04. The average Bonchev–Trinajstić information content (AvgIpc) is 2.26. The lowest BCUT2D eigenvalue weighted by Gasteiger charge is -2.42. The zero-order valence-electron chi connectivity index (χ0n) is 11.6. The molecule has 2 fully saturated rings. The van der Waals surface area contributed by atoms with Crippen LogP contribution in [0, 0.1) is 11.3 Å². The molecule has 1 aliphatic carbocycles. The highest BCUT2D eigenvalue weighted by Crippen LogP contribution is 2.38. The molecule has 2 rings (SSSR count). The molecular weight excluding hydrogens is 248 g/mol. The molecule has 4 nitrogen and oxygen atoms in total. The number of hydrogen-bond acceptors (Lipinski definition) is 4. The fourth-order valence-electron chi connectivity index (χ4n) is 3.22. The van der Waals surface area contributed by atoms with Gasteiger partial charge < -0.3 is 10.6 Å². The third-order valence-electron chi connectivity index (χ3n) is 4.50. The molecular formula is C13H26N2O2S. The summed E-state index contributed by atoms with van der Waals surface area (Å²) in [5.74, 6) is 1.16. The summed E-state index contributed by atoms with van der Waals surface area (Å²) >= 11 is 0. The van der Waals surface area contributed by atoms with Gasteiger partial charge in [-0.3, -0.25) is 0 Å². The predicted molar refractivity (Wildman–Crippen MR) is 74.2 cm³/mol. The van der Waals surface area contributed by atoms with Crippen molar-refractivity contribution in [1.29, 1.82) is 0 Å². The van der Waals surface area contributed by atoms with Crippen LogP contribution < -0.4 is 5.73 Å². The van der Waals surface area contributed by atoms with E-state index in [0.717, 1.165) is 19.4 Å². The van der Waals surface area contributed by atoms with Crippen molar-refractivity contribution in [2.45, 2.75) is 39.2 Å². The molecule has 1 heterocycles. The Morgan fingerprint density at radius 2 is 1.89 bits per heavy atom. The van der Waals surface area contributed by atoms with Gasteiger partial charge in [0.25, 0.3) is 0 Å². The first-order chi connectivity index (χ1) is 8.27. The molecule has 0 aromatic rings. The largest absolute Gasteiger partial charge is 0.327 e. The van der Waals surface area contributed by atoms with Gasteiger partial charge in [0.1, 0.15) is 0 Å². The van der Waals surface area contributed by atoms with Gasteiger partial charge >= 0.3 is 0 Å². The summed E-state index contributed by atoms with van der Waals surface area (Å²) in [6.07, 6.45) is 3.47. The van der Waals surface area contributed by atoms with E-state index >= 15 is 0 Å². The fourth-order valence-corrected chi connectivity index (χ4v) is 4.50.